The average Bonchev–Trinajstić information content (AvgIpc) is 2.91. The van der Waals surface area contributed by atoms with Crippen LogP contribution in [0.3, 0.4) is 0 Å². The second-order valence-corrected chi connectivity index (χ2v) is 10.2. The number of sulfonamides is 1. The number of benzene rings is 1. The lowest BCUT2D eigenvalue weighted by atomic mass is 10.2. The average molecular weight is 398 g/mol. The van der Waals surface area contributed by atoms with Crippen molar-refractivity contribution in [2.75, 3.05) is 31.5 Å². The molecule has 0 aromatic heterocycles. The molecule has 2 aliphatic rings. The molecule has 1 atom stereocenters. The van der Waals surface area contributed by atoms with Crippen LogP contribution in [0, 0.1) is 0 Å². The van der Waals surface area contributed by atoms with E-state index < -0.39 is 10.0 Å². The first kappa shape index (κ1) is 19.7. The Morgan fingerprint density at radius 3 is 2.69 bits per heavy atom. The van der Waals surface area contributed by atoms with Crippen LogP contribution in [0.5, 0.6) is 0 Å². The molecule has 8 heteroatoms. The van der Waals surface area contributed by atoms with E-state index in [0.717, 1.165) is 24.5 Å². The Hall–Kier alpha value is -1.09. The quantitative estimate of drug-likeness (QED) is 0.799. The summed E-state index contributed by atoms with van der Waals surface area (Å²) in [5.74, 6) is -0.0765. The lowest BCUT2D eigenvalue weighted by Gasteiger charge is -2.19. The second-order valence-electron chi connectivity index (χ2n) is 6.99. The number of carbonyl (C=O) groups is 1. The fourth-order valence-corrected chi connectivity index (χ4v) is 5.48. The fourth-order valence-electron chi connectivity index (χ4n) is 3.38. The molecule has 0 aliphatic carbocycles. The molecule has 1 saturated heterocycles. The van der Waals surface area contributed by atoms with Gasteiger partial charge in [-0.1, -0.05) is 19.8 Å². The molecule has 144 valence electrons. The van der Waals surface area contributed by atoms with E-state index in [0.29, 0.717) is 18.7 Å². The lowest BCUT2D eigenvalue weighted by Crippen LogP contribution is -2.35. The molecular formula is C18H27N3O3S2. The van der Waals surface area contributed by atoms with Gasteiger partial charge in [0.25, 0.3) is 0 Å². The first-order valence-corrected chi connectivity index (χ1v) is 11.6. The van der Waals surface area contributed by atoms with Gasteiger partial charge in [-0.25, -0.2) is 13.1 Å². The van der Waals surface area contributed by atoms with E-state index in [9.17, 15) is 13.2 Å². The number of thioether (sulfide) groups is 1. The Kier molecular flexibility index (Phi) is 6.60. The van der Waals surface area contributed by atoms with Crippen LogP contribution in [0.25, 0.3) is 0 Å². The van der Waals surface area contributed by atoms with E-state index in [4.69, 9.17) is 0 Å². The number of nitrogens with one attached hydrogen (secondary N) is 2. The maximum atomic E-state index is 12.6. The summed E-state index contributed by atoms with van der Waals surface area (Å²) in [7, 11) is -3.58. The van der Waals surface area contributed by atoms with Crippen LogP contribution < -0.4 is 10.0 Å². The molecule has 3 rings (SSSR count). The lowest BCUT2D eigenvalue weighted by molar-refractivity contribution is -0.116. The van der Waals surface area contributed by atoms with Gasteiger partial charge in [0, 0.05) is 29.7 Å². The smallest absolute Gasteiger partial charge is 0.240 e. The van der Waals surface area contributed by atoms with Crippen LogP contribution in [0.15, 0.2) is 28.0 Å². The normalized spacial score (nSPS) is 22.2. The molecule has 2 aliphatic heterocycles. The molecule has 1 fully saturated rings. The van der Waals surface area contributed by atoms with E-state index in [1.54, 1.807) is 30.0 Å². The summed E-state index contributed by atoms with van der Waals surface area (Å²) in [5.41, 5.74) is 0.583. The van der Waals surface area contributed by atoms with Crippen molar-refractivity contribution in [2.45, 2.75) is 54.1 Å². The summed E-state index contributed by atoms with van der Waals surface area (Å²) >= 11 is 1.59. The molecule has 0 unspecified atom stereocenters. The van der Waals surface area contributed by atoms with Crippen molar-refractivity contribution in [1.82, 2.24) is 9.62 Å². The zero-order valence-corrected chi connectivity index (χ0v) is 16.8. The molecule has 6 nitrogen and oxygen atoms in total. The Morgan fingerprint density at radius 2 is 1.96 bits per heavy atom. The Bertz CT molecular complexity index is 744. The highest BCUT2D eigenvalue weighted by atomic mass is 32.2. The van der Waals surface area contributed by atoms with Crippen LogP contribution in [-0.4, -0.2) is 50.7 Å². The van der Waals surface area contributed by atoms with E-state index in [-0.39, 0.29) is 16.1 Å². The van der Waals surface area contributed by atoms with Gasteiger partial charge in [-0.05, 0) is 44.1 Å². The summed E-state index contributed by atoms with van der Waals surface area (Å²) in [5, 5.41) is 2.99. The van der Waals surface area contributed by atoms with Crippen molar-refractivity contribution in [2.24, 2.45) is 0 Å². The molecule has 0 spiro atoms. The zero-order valence-electron chi connectivity index (χ0n) is 15.2. The Labute approximate surface area is 160 Å². The first-order chi connectivity index (χ1) is 12.4. The largest absolute Gasteiger partial charge is 0.325 e. The highest BCUT2D eigenvalue weighted by Gasteiger charge is 2.22. The van der Waals surface area contributed by atoms with Gasteiger partial charge in [-0.2, -0.15) is 0 Å². The minimum absolute atomic E-state index is 0.0765. The molecule has 1 amide bonds. The van der Waals surface area contributed by atoms with Gasteiger partial charge >= 0.3 is 0 Å². The van der Waals surface area contributed by atoms with Gasteiger partial charge in [-0.3, -0.25) is 4.79 Å². The molecule has 2 heterocycles. The van der Waals surface area contributed by atoms with E-state index >= 15 is 0 Å². The number of likely N-dealkylation sites (tertiary alicyclic amines) is 1. The second kappa shape index (κ2) is 8.73. The molecular weight excluding hydrogens is 370 g/mol. The summed E-state index contributed by atoms with van der Waals surface area (Å²) in [6, 6.07) is 4.96. The highest BCUT2D eigenvalue weighted by molar-refractivity contribution is 8.00. The minimum Gasteiger partial charge on any atom is -0.325 e. The highest BCUT2D eigenvalue weighted by Crippen LogP contribution is 2.36. The SMILES string of the molecule is C[C@@H]1CC(=O)Nc2cc(S(=O)(=O)NCCN3CCCCCC3)ccc2S1. The van der Waals surface area contributed by atoms with Crippen molar-refractivity contribution in [1.29, 1.82) is 0 Å². The van der Waals surface area contributed by atoms with Gasteiger partial charge in [-0.15, -0.1) is 11.8 Å². The van der Waals surface area contributed by atoms with E-state index in [2.05, 4.69) is 14.9 Å². The standard InChI is InChI=1S/C18H27N3O3S2/c1-14-12-18(22)20-16-13-15(6-7-17(16)25-14)26(23,24)19-8-11-21-9-4-2-3-5-10-21/h6-7,13-14,19H,2-5,8-12H2,1H3,(H,20,22)/t14-/m1/s1. The number of nitrogens with zero attached hydrogens (tertiary/aromatic N) is 1. The zero-order chi connectivity index (χ0) is 18.6. The number of rotatable bonds is 5. The third-order valence-corrected chi connectivity index (χ3v) is 7.39. The maximum Gasteiger partial charge on any atom is 0.240 e. The molecule has 1 aromatic carbocycles. The summed E-state index contributed by atoms with van der Waals surface area (Å²) in [6.45, 7) is 5.21. The monoisotopic (exact) mass is 397 g/mol. The third kappa shape index (κ3) is 5.22. The molecule has 0 saturated carbocycles. The fraction of sp³-hybridized carbons (Fsp3) is 0.611. The number of carbonyl (C=O) groups excluding carboxylic acids is 1. The van der Waals surface area contributed by atoms with Crippen LogP contribution in [-0.2, 0) is 14.8 Å². The molecule has 0 bridgehead atoms. The van der Waals surface area contributed by atoms with Gasteiger partial charge in [0.15, 0.2) is 0 Å². The van der Waals surface area contributed by atoms with Crippen LogP contribution in [0.2, 0.25) is 0 Å². The van der Waals surface area contributed by atoms with Crippen LogP contribution in [0.4, 0.5) is 5.69 Å². The number of anilines is 1. The molecule has 0 radical (unpaired) electrons. The van der Waals surface area contributed by atoms with Gasteiger partial charge in [0.1, 0.15) is 0 Å². The number of hydrogen-bond acceptors (Lipinski definition) is 5. The van der Waals surface area contributed by atoms with Crippen LogP contribution in [0.1, 0.15) is 39.0 Å². The number of amides is 1. The predicted octanol–water partition coefficient (Wildman–Crippen LogP) is 2.66. The molecule has 2 N–H and O–H groups in total. The van der Waals surface area contributed by atoms with Crippen molar-refractivity contribution in [3.63, 3.8) is 0 Å². The van der Waals surface area contributed by atoms with Gasteiger partial charge in [0.2, 0.25) is 15.9 Å². The van der Waals surface area contributed by atoms with Crippen molar-refractivity contribution < 1.29 is 13.2 Å². The molecule has 1 aromatic rings. The Morgan fingerprint density at radius 1 is 1.23 bits per heavy atom. The topological polar surface area (TPSA) is 78.5 Å². The summed E-state index contributed by atoms with van der Waals surface area (Å²) < 4.78 is 27.9. The van der Waals surface area contributed by atoms with Crippen molar-refractivity contribution >= 4 is 33.4 Å². The van der Waals surface area contributed by atoms with Gasteiger partial charge < -0.3 is 10.2 Å². The predicted molar refractivity (Wildman–Crippen MR) is 105 cm³/mol. The van der Waals surface area contributed by atoms with Crippen LogP contribution >= 0.6 is 11.8 Å². The van der Waals surface area contributed by atoms with Crippen molar-refractivity contribution in [3.05, 3.63) is 18.2 Å². The van der Waals surface area contributed by atoms with E-state index in [1.165, 1.54) is 25.7 Å². The van der Waals surface area contributed by atoms with E-state index in [1.807, 2.05) is 6.92 Å². The van der Waals surface area contributed by atoms with Crippen molar-refractivity contribution in [3.8, 4) is 0 Å². The number of fused-ring (bicyclic) bond motifs is 1. The Balaban J connectivity index is 1.64. The summed E-state index contributed by atoms with van der Waals surface area (Å²) in [4.78, 5) is 15.3. The molecule has 26 heavy (non-hydrogen) atoms. The third-order valence-electron chi connectivity index (χ3n) is 4.76. The summed E-state index contributed by atoms with van der Waals surface area (Å²) in [6.07, 6.45) is 5.33. The number of hydrogen-bond donors (Lipinski definition) is 2. The maximum absolute atomic E-state index is 12.6. The minimum atomic E-state index is -3.58. The first-order valence-electron chi connectivity index (χ1n) is 9.26. The van der Waals surface area contributed by atoms with Gasteiger partial charge in [0.05, 0.1) is 10.6 Å².